The van der Waals surface area contributed by atoms with Crippen molar-refractivity contribution in [3.05, 3.63) is 42.7 Å². The smallest absolute Gasteiger partial charge is 0.242 e. The second kappa shape index (κ2) is 8.04. The minimum atomic E-state index is 0.194. The first-order chi connectivity index (χ1) is 13.6. The van der Waals surface area contributed by atoms with Gasteiger partial charge in [0.25, 0.3) is 0 Å². The van der Waals surface area contributed by atoms with Crippen LogP contribution in [0.2, 0.25) is 0 Å². The minimum absolute atomic E-state index is 0.194. The lowest BCUT2D eigenvalue weighted by Crippen LogP contribution is -2.52. The molecule has 1 amide bonds. The molecule has 7 nitrogen and oxygen atoms in total. The van der Waals surface area contributed by atoms with Crippen LogP contribution in [0.15, 0.2) is 42.7 Å². The van der Waals surface area contributed by atoms with Crippen molar-refractivity contribution < 1.29 is 4.79 Å². The number of hydrogen-bond donors (Lipinski definition) is 0. The summed E-state index contributed by atoms with van der Waals surface area (Å²) in [6, 6.07) is 10.5. The third kappa shape index (κ3) is 3.74. The Morgan fingerprint density at radius 2 is 1.68 bits per heavy atom. The molecule has 7 heteroatoms. The molecule has 0 aliphatic carbocycles. The zero-order valence-electron chi connectivity index (χ0n) is 16.7. The van der Waals surface area contributed by atoms with Crippen molar-refractivity contribution in [2.24, 2.45) is 0 Å². The molecular formula is C21H28N6O. The summed E-state index contributed by atoms with van der Waals surface area (Å²) in [7, 11) is 2.13. The monoisotopic (exact) mass is 380 g/mol. The molecule has 2 aromatic rings. The van der Waals surface area contributed by atoms with Gasteiger partial charge in [0.05, 0.1) is 17.9 Å². The van der Waals surface area contributed by atoms with E-state index in [1.54, 1.807) is 12.4 Å². The van der Waals surface area contributed by atoms with E-state index >= 15 is 0 Å². The molecule has 148 valence electrons. The fourth-order valence-corrected chi connectivity index (χ4v) is 4.02. The average molecular weight is 380 g/mol. The Morgan fingerprint density at radius 1 is 1.00 bits per heavy atom. The third-order valence-electron chi connectivity index (χ3n) is 5.79. The largest absolute Gasteiger partial charge is 0.373 e. The molecule has 1 aromatic heterocycles. The predicted molar refractivity (Wildman–Crippen MR) is 112 cm³/mol. The quantitative estimate of drug-likeness (QED) is 0.810. The van der Waals surface area contributed by atoms with Crippen LogP contribution in [-0.4, -0.2) is 73.1 Å². The number of para-hydroxylation sites is 2. The number of rotatable bonds is 3. The maximum atomic E-state index is 13.1. The molecule has 1 atom stereocenters. The van der Waals surface area contributed by atoms with Gasteiger partial charge < -0.3 is 19.6 Å². The number of anilines is 3. The number of nitrogens with zero attached hydrogens (tertiary/aromatic N) is 6. The van der Waals surface area contributed by atoms with E-state index in [0.717, 1.165) is 37.7 Å². The van der Waals surface area contributed by atoms with Crippen molar-refractivity contribution in [3.63, 3.8) is 0 Å². The molecule has 28 heavy (non-hydrogen) atoms. The van der Waals surface area contributed by atoms with E-state index in [4.69, 9.17) is 0 Å². The highest BCUT2D eigenvalue weighted by Crippen LogP contribution is 2.33. The van der Waals surface area contributed by atoms with Crippen molar-refractivity contribution in [2.45, 2.75) is 19.4 Å². The number of amides is 1. The zero-order valence-corrected chi connectivity index (χ0v) is 16.7. The van der Waals surface area contributed by atoms with Crippen LogP contribution < -0.4 is 14.7 Å². The fraction of sp³-hybridized carbons (Fsp3) is 0.476. The van der Waals surface area contributed by atoms with Gasteiger partial charge in [0.2, 0.25) is 11.9 Å². The van der Waals surface area contributed by atoms with E-state index in [0.29, 0.717) is 25.7 Å². The first-order valence-corrected chi connectivity index (χ1v) is 10.00. The second-order valence-corrected chi connectivity index (χ2v) is 7.59. The first-order valence-electron chi connectivity index (χ1n) is 10.00. The van der Waals surface area contributed by atoms with Gasteiger partial charge in [-0.3, -0.25) is 4.79 Å². The molecule has 2 aliphatic rings. The van der Waals surface area contributed by atoms with E-state index in [1.807, 2.05) is 11.0 Å². The third-order valence-corrected chi connectivity index (χ3v) is 5.79. The van der Waals surface area contributed by atoms with Gasteiger partial charge in [-0.25, -0.2) is 9.97 Å². The summed E-state index contributed by atoms with van der Waals surface area (Å²) in [5, 5.41) is 0. The SMILES string of the molecule is C[C@H]1CCN(C)c2ccccc2N1CC(=O)N1CCN(c2ncccn2)CC1. The summed E-state index contributed by atoms with van der Waals surface area (Å²) in [5.41, 5.74) is 2.35. The summed E-state index contributed by atoms with van der Waals surface area (Å²) in [6.07, 6.45) is 4.56. The Labute approximate surface area is 166 Å². The Balaban J connectivity index is 1.43. The maximum absolute atomic E-state index is 13.1. The van der Waals surface area contributed by atoms with Gasteiger partial charge in [0.1, 0.15) is 0 Å². The lowest BCUT2D eigenvalue weighted by atomic mass is 10.1. The topological polar surface area (TPSA) is 55.8 Å². The molecule has 0 N–H and O–H groups in total. The molecule has 2 aliphatic heterocycles. The molecule has 0 unspecified atom stereocenters. The molecule has 1 aromatic carbocycles. The van der Waals surface area contributed by atoms with Crippen LogP contribution in [0, 0.1) is 0 Å². The van der Waals surface area contributed by atoms with Gasteiger partial charge in [0.15, 0.2) is 0 Å². The van der Waals surface area contributed by atoms with E-state index < -0.39 is 0 Å². The maximum Gasteiger partial charge on any atom is 0.242 e. The molecule has 0 radical (unpaired) electrons. The normalized spacial score (nSPS) is 20.0. The van der Waals surface area contributed by atoms with Crippen LogP contribution in [0.3, 0.4) is 0 Å². The predicted octanol–water partition coefficient (Wildman–Crippen LogP) is 1.86. The first kappa shape index (κ1) is 18.5. The highest BCUT2D eigenvalue weighted by Gasteiger charge is 2.28. The highest BCUT2D eigenvalue weighted by atomic mass is 16.2. The number of hydrogen-bond acceptors (Lipinski definition) is 6. The van der Waals surface area contributed by atoms with Crippen molar-refractivity contribution >= 4 is 23.2 Å². The van der Waals surface area contributed by atoms with Gasteiger partial charge in [0, 0.05) is 58.2 Å². The van der Waals surface area contributed by atoms with Crippen molar-refractivity contribution in [1.29, 1.82) is 0 Å². The standard InChI is InChI=1S/C21H28N6O/c1-17-8-11-24(2)18-6-3-4-7-19(18)27(17)16-20(28)25-12-14-26(15-13-25)21-22-9-5-10-23-21/h3-7,9-10,17H,8,11-16H2,1-2H3/t17-/m0/s1. The van der Waals surface area contributed by atoms with Crippen molar-refractivity contribution in [1.82, 2.24) is 14.9 Å². The lowest BCUT2D eigenvalue weighted by molar-refractivity contribution is -0.130. The Bertz CT molecular complexity index is 806. The van der Waals surface area contributed by atoms with Crippen LogP contribution in [0.1, 0.15) is 13.3 Å². The van der Waals surface area contributed by atoms with Gasteiger partial charge in [-0.2, -0.15) is 0 Å². The molecule has 4 rings (SSSR count). The van der Waals surface area contributed by atoms with Gasteiger partial charge in [-0.15, -0.1) is 0 Å². The van der Waals surface area contributed by atoms with E-state index in [9.17, 15) is 4.79 Å². The lowest BCUT2D eigenvalue weighted by Gasteiger charge is -2.37. The summed E-state index contributed by atoms with van der Waals surface area (Å²) in [4.78, 5) is 30.4. The molecule has 1 fully saturated rings. The van der Waals surface area contributed by atoms with Crippen LogP contribution in [-0.2, 0) is 4.79 Å². The van der Waals surface area contributed by atoms with Crippen LogP contribution >= 0.6 is 0 Å². The van der Waals surface area contributed by atoms with Crippen LogP contribution in [0.4, 0.5) is 17.3 Å². The molecule has 0 spiro atoms. The number of aromatic nitrogens is 2. The number of fused-ring (bicyclic) bond motifs is 1. The van der Waals surface area contributed by atoms with Crippen LogP contribution in [0.5, 0.6) is 0 Å². The Morgan fingerprint density at radius 3 is 2.39 bits per heavy atom. The molecular weight excluding hydrogens is 352 g/mol. The van der Waals surface area contributed by atoms with Gasteiger partial charge in [-0.05, 0) is 31.5 Å². The van der Waals surface area contributed by atoms with Crippen molar-refractivity contribution in [2.75, 3.05) is 61.0 Å². The number of carbonyl (C=O) groups excluding carboxylic acids is 1. The van der Waals surface area contributed by atoms with Gasteiger partial charge in [-0.1, -0.05) is 12.1 Å². The summed E-state index contributed by atoms with van der Waals surface area (Å²) >= 11 is 0. The number of carbonyl (C=O) groups is 1. The molecule has 0 bridgehead atoms. The Kier molecular flexibility index (Phi) is 5.32. The Hall–Kier alpha value is -2.83. The zero-order chi connectivity index (χ0) is 19.5. The van der Waals surface area contributed by atoms with E-state index in [1.165, 1.54) is 5.69 Å². The van der Waals surface area contributed by atoms with Gasteiger partial charge >= 0.3 is 0 Å². The summed E-state index contributed by atoms with van der Waals surface area (Å²) in [5.74, 6) is 0.938. The molecule has 0 saturated carbocycles. The average Bonchev–Trinajstić information content (AvgIpc) is 2.87. The molecule has 1 saturated heterocycles. The van der Waals surface area contributed by atoms with E-state index in [-0.39, 0.29) is 5.91 Å². The molecule has 3 heterocycles. The second-order valence-electron chi connectivity index (χ2n) is 7.59. The fourth-order valence-electron chi connectivity index (χ4n) is 4.02. The number of piperazine rings is 1. The summed E-state index contributed by atoms with van der Waals surface area (Å²) in [6.45, 7) is 6.59. The van der Waals surface area contributed by atoms with Crippen molar-refractivity contribution in [3.8, 4) is 0 Å². The van der Waals surface area contributed by atoms with E-state index in [2.05, 4.69) is 62.9 Å². The highest BCUT2D eigenvalue weighted by molar-refractivity contribution is 5.84. The minimum Gasteiger partial charge on any atom is -0.373 e. The van der Waals surface area contributed by atoms with Crippen LogP contribution in [0.25, 0.3) is 0 Å². The number of benzene rings is 1. The summed E-state index contributed by atoms with van der Waals surface area (Å²) < 4.78 is 0.